The molecule has 3 nitrogen and oxygen atoms in total. The third kappa shape index (κ3) is 5.33. The van der Waals surface area contributed by atoms with Crippen LogP contribution < -0.4 is 5.73 Å². The van der Waals surface area contributed by atoms with Crippen molar-refractivity contribution in [1.29, 1.82) is 0 Å². The minimum atomic E-state index is 0.254. The van der Waals surface area contributed by atoms with Gasteiger partial charge >= 0.3 is 0 Å². The average molecular weight is 246 g/mol. The standard InChI is InChI=1S/C15H22N2O/c1-2-17(11-4-12-18)13-15-8-6-14(7-9-15)5-3-10-16/h6-9,18H,2,4,10-13,16H2,1H3. The second-order valence-electron chi connectivity index (χ2n) is 4.15. The molecule has 0 aromatic heterocycles. The van der Waals surface area contributed by atoms with Crippen LogP contribution in [0.3, 0.4) is 0 Å². The van der Waals surface area contributed by atoms with E-state index in [1.807, 2.05) is 12.1 Å². The molecule has 98 valence electrons. The molecule has 1 aromatic carbocycles. The van der Waals surface area contributed by atoms with E-state index in [-0.39, 0.29) is 6.61 Å². The summed E-state index contributed by atoms with van der Waals surface area (Å²) in [6.45, 7) is 5.63. The van der Waals surface area contributed by atoms with Crippen molar-refractivity contribution in [2.45, 2.75) is 19.9 Å². The van der Waals surface area contributed by atoms with Gasteiger partial charge in [-0.1, -0.05) is 30.9 Å². The summed E-state index contributed by atoms with van der Waals surface area (Å²) in [5, 5.41) is 8.84. The summed E-state index contributed by atoms with van der Waals surface area (Å²) in [6.07, 6.45) is 0.827. The molecule has 0 unspecified atom stereocenters. The van der Waals surface area contributed by atoms with Crippen LogP contribution in [0.25, 0.3) is 0 Å². The predicted molar refractivity (Wildman–Crippen MR) is 75.0 cm³/mol. The van der Waals surface area contributed by atoms with E-state index >= 15 is 0 Å². The third-order valence-electron chi connectivity index (χ3n) is 2.77. The van der Waals surface area contributed by atoms with Crippen molar-refractivity contribution < 1.29 is 5.11 Å². The summed E-state index contributed by atoms with van der Waals surface area (Å²) >= 11 is 0. The highest BCUT2D eigenvalue weighted by Crippen LogP contribution is 2.07. The van der Waals surface area contributed by atoms with Gasteiger partial charge in [-0.05, 0) is 30.7 Å². The molecule has 0 heterocycles. The third-order valence-corrected chi connectivity index (χ3v) is 2.77. The summed E-state index contributed by atoms with van der Waals surface area (Å²) in [5.74, 6) is 5.85. The highest BCUT2D eigenvalue weighted by molar-refractivity contribution is 5.36. The molecule has 18 heavy (non-hydrogen) atoms. The van der Waals surface area contributed by atoms with Crippen LogP contribution in [0.4, 0.5) is 0 Å². The molecule has 0 fully saturated rings. The van der Waals surface area contributed by atoms with Gasteiger partial charge in [-0.2, -0.15) is 0 Å². The van der Waals surface area contributed by atoms with Gasteiger partial charge in [-0.15, -0.1) is 0 Å². The summed E-state index contributed by atoms with van der Waals surface area (Å²) in [5.41, 5.74) is 7.61. The number of nitrogens with zero attached hydrogens (tertiary/aromatic N) is 1. The van der Waals surface area contributed by atoms with Gasteiger partial charge < -0.3 is 10.8 Å². The molecular formula is C15H22N2O. The lowest BCUT2D eigenvalue weighted by molar-refractivity contribution is 0.225. The predicted octanol–water partition coefficient (Wildman–Crippen LogP) is 1.20. The van der Waals surface area contributed by atoms with Crippen molar-refractivity contribution in [3.8, 4) is 11.8 Å². The van der Waals surface area contributed by atoms with Gasteiger partial charge in [0.1, 0.15) is 0 Å². The quantitative estimate of drug-likeness (QED) is 0.742. The average Bonchev–Trinajstić information content (AvgIpc) is 2.42. The number of hydrogen-bond donors (Lipinski definition) is 2. The molecule has 0 aliphatic rings. The van der Waals surface area contributed by atoms with E-state index in [9.17, 15) is 0 Å². The Balaban J connectivity index is 2.56. The number of rotatable bonds is 6. The van der Waals surface area contributed by atoms with E-state index < -0.39 is 0 Å². The molecule has 0 aliphatic carbocycles. The van der Waals surface area contributed by atoms with Gasteiger partial charge in [0.05, 0.1) is 6.54 Å². The first-order chi connectivity index (χ1) is 8.80. The van der Waals surface area contributed by atoms with Gasteiger partial charge in [-0.25, -0.2) is 0 Å². The number of benzene rings is 1. The van der Waals surface area contributed by atoms with Gasteiger partial charge in [-0.3, -0.25) is 4.90 Å². The van der Waals surface area contributed by atoms with E-state index in [0.717, 1.165) is 31.6 Å². The van der Waals surface area contributed by atoms with Crippen LogP contribution in [-0.4, -0.2) is 36.2 Å². The number of aliphatic hydroxyl groups excluding tert-OH is 1. The van der Waals surface area contributed by atoms with Crippen molar-refractivity contribution in [1.82, 2.24) is 4.90 Å². The lowest BCUT2D eigenvalue weighted by Crippen LogP contribution is -2.24. The zero-order chi connectivity index (χ0) is 13.2. The second kappa shape index (κ2) is 8.71. The SMILES string of the molecule is CCN(CCCO)Cc1ccc(C#CCN)cc1. The van der Waals surface area contributed by atoms with Crippen molar-refractivity contribution in [3.05, 3.63) is 35.4 Å². The molecule has 0 aliphatic heterocycles. The zero-order valence-corrected chi connectivity index (χ0v) is 11.0. The maximum absolute atomic E-state index is 8.84. The Kier molecular flexibility index (Phi) is 7.12. The molecule has 0 saturated heterocycles. The molecule has 3 N–H and O–H groups in total. The molecular weight excluding hydrogens is 224 g/mol. The number of hydrogen-bond acceptors (Lipinski definition) is 3. The summed E-state index contributed by atoms with van der Waals surface area (Å²) in [7, 11) is 0. The van der Waals surface area contributed by atoms with Crippen molar-refractivity contribution in [2.75, 3.05) is 26.2 Å². The Morgan fingerprint density at radius 3 is 2.56 bits per heavy atom. The normalized spacial score (nSPS) is 10.2. The Labute approximate surface area is 110 Å². The van der Waals surface area contributed by atoms with Crippen LogP contribution in [0.2, 0.25) is 0 Å². The highest BCUT2D eigenvalue weighted by atomic mass is 16.3. The van der Waals surface area contributed by atoms with E-state index in [0.29, 0.717) is 6.54 Å². The van der Waals surface area contributed by atoms with Crippen LogP contribution in [0.15, 0.2) is 24.3 Å². The van der Waals surface area contributed by atoms with Crippen LogP contribution in [0.1, 0.15) is 24.5 Å². The molecule has 0 spiro atoms. The maximum atomic E-state index is 8.84. The van der Waals surface area contributed by atoms with E-state index in [1.165, 1.54) is 5.56 Å². The molecule has 0 saturated carbocycles. The van der Waals surface area contributed by atoms with Gasteiger partial charge in [0.2, 0.25) is 0 Å². The lowest BCUT2D eigenvalue weighted by Gasteiger charge is -2.19. The first kappa shape index (κ1) is 14.7. The molecule has 1 aromatic rings. The molecule has 0 radical (unpaired) electrons. The first-order valence-electron chi connectivity index (χ1n) is 6.41. The summed E-state index contributed by atoms with van der Waals surface area (Å²) in [4.78, 5) is 2.32. The topological polar surface area (TPSA) is 49.5 Å². The van der Waals surface area contributed by atoms with E-state index in [4.69, 9.17) is 10.8 Å². The van der Waals surface area contributed by atoms with Crippen molar-refractivity contribution in [2.24, 2.45) is 5.73 Å². The number of aliphatic hydroxyl groups is 1. The van der Waals surface area contributed by atoms with Crippen molar-refractivity contribution in [3.63, 3.8) is 0 Å². The minimum absolute atomic E-state index is 0.254. The molecule has 0 amide bonds. The Morgan fingerprint density at radius 1 is 1.28 bits per heavy atom. The fourth-order valence-electron chi connectivity index (χ4n) is 1.75. The summed E-state index contributed by atoms with van der Waals surface area (Å²) in [6, 6.07) is 8.25. The van der Waals surface area contributed by atoms with Gasteiger partial charge in [0, 0.05) is 25.3 Å². The largest absolute Gasteiger partial charge is 0.396 e. The van der Waals surface area contributed by atoms with Crippen LogP contribution in [0, 0.1) is 11.8 Å². The van der Waals surface area contributed by atoms with Crippen molar-refractivity contribution >= 4 is 0 Å². The molecule has 1 rings (SSSR count). The highest BCUT2D eigenvalue weighted by Gasteiger charge is 2.02. The minimum Gasteiger partial charge on any atom is -0.396 e. The first-order valence-corrected chi connectivity index (χ1v) is 6.41. The van der Waals surface area contributed by atoms with E-state index in [1.54, 1.807) is 0 Å². The fourth-order valence-corrected chi connectivity index (χ4v) is 1.75. The fraction of sp³-hybridized carbons (Fsp3) is 0.467. The summed E-state index contributed by atoms with van der Waals surface area (Å²) < 4.78 is 0. The van der Waals surface area contributed by atoms with E-state index in [2.05, 4.69) is 35.8 Å². The lowest BCUT2D eigenvalue weighted by atomic mass is 10.1. The van der Waals surface area contributed by atoms with Crippen LogP contribution in [0.5, 0.6) is 0 Å². The van der Waals surface area contributed by atoms with Crippen LogP contribution in [-0.2, 0) is 6.54 Å². The zero-order valence-electron chi connectivity index (χ0n) is 11.0. The molecule has 0 atom stereocenters. The number of nitrogens with two attached hydrogens (primary N) is 1. The van der Waals surface area contributed by atoms with Crippen LogP contribution >= 0.6 is 0 Å². The van der Waals surface area contributed by atoms with Gasteiger partial charge in [0.25, 0.3) is 0 Å². The second-order valence-corrected chi connectivity index (χ2v) is 4.15. The monoisotopic (exact) mass is 246 g/mol. The Bertz CT molecular complexity index is 389. The Morgan fingerprint density at radius 2 is 2.00 bits per heavy atom. The smallest absolute Gasteiger partial charge is 0.0555 e. The molecule has 3 heteroatoms. The molecule has 0 bridgehead atoms. The van der Waals surface area contributed by atoms with Gasteiger partial charge in [0.15, 0.2) is 0 Å². The Hall–Kier alpha value is -1.34. The maximum Gasteiger partial charge on any atom is 0.0555 e.